The average molecular weight is 400 g/mol. The molecule has 0 unspecified atom stereocenters. The Morgan fingerprint density at radius 1 is 1.00 bits per heavy atom. The third-order valence-electron chi connectivity index (χ3n) is 5.53. The average Bonchev–Trinajstić information content (AvgIpc) is 3.45. The van der Waals surface area contributed by atoms with Gasteiger partial charge < -0.3 is 20.5 Å². The van der Waals surface area contributed by atoms with E-state index in [1.54, 1.807) is 6.20 Å². The molecule has 1 saturated heterocycles. The molecule has 0 aliphatic carbocycles. The number of para-hydroxylation sites is 1. The number of nitrogens with one attached hydrogen (secondary N) is 3. The minimum absolute atomic E-state index is 0.487. The molecule has 0 radical (unpaired) electrons. The maximum atomic E-state index is 4.54. The number of aromatic nitrogens is 4. The van der Waals surface area contributed by atoms with Crippen LogP contribution in [0.25, 0.3) is 10.9 Å². The van der Waals surface area contributed by atoms with E-state index in [2.05, 4.69) is 84.4 Å². The predicted molar refractivity (Wildman–Crippen MR) is 121 cm³/mol. The van der Waals surface area contributed by atoms with Crippen molar-refractivity contribution in [1.29, 1.82) is 0 Å². The summed E-state index contributed by atoms with van der Waals surface area (Å²) in [7, 11) is 0. The SMILES string of the molecule is c1ccc2c(CCNc3cnnc(Nc4ccc(N5CCCC5)cc4)n3)c[nH]c2c1. The summed E-state index contributed by atoms with van der Waals surface area (Å²) in [4.78, 5) is 10.3. The largest absolute Gasteiger partial charge is 0.372 e. The van der Waals surface area contributed by atoms with E-state index in [0.717, 1.165) is 31.7 Å². The molecule has 0 atom stereocenters. The van der Waals surface area contributed by atoms with Crippen LogP contribution in [0.5, 0.6) is 0 Å². The first-order valence-corrected chi connectivity index (χ1v) is 10.5. The Morgan fingerprint density at radius 3 is 2.70 bits per heavy atom. The molecule has 0 bridgehead atoms. The van der Waals surface area contributed by atoms with Crippen molar-refractivity contribution in [2.24, 2.45) is 0 Å². The van der Waals surface area contributed by atoms with Gasteiger partial charge in [-0.15, -0.1) is 5.10 Å². The predicted octanol–water partition coefficient (Wildman–Crippen LogP) is 4.35. The fraction of sp³-hybridized carbons (Fsp3) is 0.261. The second-order valence-corrected chi connectivity index (χ2v) is 7.57. The van der Waals surface area contributed by atoms with Gasteiger partial charge in [-0.2, -0.15) is 10.1 Å². The smallest absolute Gasteiger partial charge is 0.249 e. The van der Waals surface area contributed by atoms with Crippen LogP contribution in [0, 0.1) is 0 Å². The molecule has 5 rings (SSSR count). The number of anilines is 4. The van der Waals surface area contributed by atoms with E-state index in [4.69, 9.17) is 0 Å². The van der Waals surface area contributed by atoms with Crippen molar-refractivity contribution in [3.63, 3.8) is 0 Å². The van der Waals surface area contributed by atoms with Crippen LogP contribution in [0.4, 0.5) is 23.1 Å². The third-order valence-corrected chi connectivity index (χ3v) is 5.53. The molecule has 0 amide bonds. The first kappa shape index (κ1) is 18.4. The first-order valence-electron chi connectivity index (χ1n) is 10.5. The van der Waals surface area contributed by atoms with Gasteiger partial charge in [-0.25, -0.2) is 0 Å². The summed E-state index contributed by atoms with van der Waals surface area (Å²) in [5.41, 5.74) is 4.68. The van der Waals surface area contributed by atoms with E-state index in [9.17, 15) is 0 Å². The number of aromatic amines is 1. The van der Waals surface area contributed by atoms with Gasteiger partial charge in [0.2, 0.25) is 5.95 Å². The highest BCUT2D eigenvalue weighted by Gasteiger charge is 2.12. The molecule has 3 N–H and O–H groups in total. The van der Waals surface area contributed by atoms with Crippen molar-refractivity contribution in [3.8, 4) is 0 Å². The van der Waals surface area contributed by atoms with Crippen LogP contribution in [-0.2, 0) is 6.42 Å². The van der Waals surface area contributed by atoms with Gasteiger partial charge in [0, 0.05) is 48.1 Å². The Hall–Kier alpha value is -3.61. The summed E-state index contributed by atoms with van der Waals surface area (Å²) in [6.07, 6.45) is 7.17. The fourth-order valence-electron chi connectivity index (χ4n) is 3.97. The second kappa shape index (κ2) is 8.41. The number of fused-ring (bicyclic) bond motifs is 1. The molecule has 1 aliphatic rings. The molecule has 7 nitrogen and oxygen atoms in total. The molecular formula is C23H25N7. The van der Waals surface area contributed by atoms with Crippen molar-refractivity contribution in [2.45, 2.75) is 19.3 Å². The Kier molecular flexibility index (Phi) is 5.16. The maximum Gasteiger partial charge on any atom is 0.249 e. The standard InChI is InChI=1S/C23H25N7/c1-2-6-21-20(5-1)17(15-25-21)11-12-24-22-16-26-29-23(28-22)27-18-7-9-19(10-8-18)30-13-3-4-14-30/h1-2,5-10,15-16,25H,3-4,11-14H2,(H2,24,27,28,29). The minimum Gasteiger partial charge on any atom is -0.372 e. The van der Waals surface area contributed by atoms with Gasteiger partial charge in [-0.3, -0.25) is 0 Å². The molecule has 7 heteroatoms. The number of rotatable bonds is 7. The van der Waals surface area contributed by atoms with Crippen LogP contribution in [0.2, 0.25) is 0 Å². The van der Waals surface area contributed by atoms with Crippen molar-refractivity contribution in [2.75, 3.05) is 35.2 Å². The molecule has 2 aromatic carbocycles. The summed E-state index contributed by atoms with van der Waals surface area (Å²) < 4.78 is 0. The van der Waals surface area contributed by atoms with Crippen LogP contribution in [0.3, 0.4) is 0 Å². The molecule has 0 saturated carbocycles. The van der Waals surface area contributed by atoms with Crippen LogP contribution in [-0.4, -0.2) is 39.8 Å². The lowest BCUT2D eigenvalue weighted by Gasteiger charge is -2.17. The summed E-state index contributed by atoms with van der Waals surface area (Å²) in [6, 6.07) is 16.8. The number of hydrogen-bond acceptors (Lipinski definition) is 6. The third kappa shape index (κ3) is 4.05. The molecule has 1 fully saturated rings. The van der Waals surface area contributed by atoms with Gasteiger partial charge in [-0.1, -0.05) is 18.2 Å². The van der Waals surface area contributed by atoms with Crippen LogP contribution >= 0.6 is 0 Å². The molecule has 4 aromatic rings. The second-order valence-electron chi connectivity index (χ2n) is 7.57. The van der Waals surface area contributed by atoms with E-state index in [1.165, 1.54) is 35.0 Å². The quantitative estimate of drug-likeness (QED) is 0.429. The number of H-pyrrole nitrogens is 1. The first-order chi connectivity index (χ1) is 14.8. The van der Waals surface area contributed by atoms with Crippen molar-refractivity contribution in [1.82, 2.24) is 20.2 Å². The van der Waals surface area contributed by atoms with Crippen LogP contribution in [0.15, 0.2) is 60.9 Å². The highest BCUT2D eigenvalue weighted by molar-refractivity contribution is 5.83. The van der Waals surface area contributed by atoms with Gasteiger partial charge in [0.25, 0.3) is 0 Å². The summed E-state index contributed by atoms with van der Waals surface area (Å²) in [5.74, 6) is 1.20. The van der Waals surface area contributed by atoms with Crippen LogP contribution in [0.1, 0.15) is 18.4 Å². The Morgan fingerprint density at radius 2 is 1.83 bits per heavy atom. The monoisotopic (exact) mass is 399 g/mol. The van der Waals surface area contributed by atoms with E-state index in [1.807, 2.05) is 6.07 Å². The molecular weight excluding hydrogens is 374 g/mol. The number of nitrogens with zero attached hydrogens (tertiary/aromatic N) is 4. The molecule has 1 aliphatic heterocycles. The highest BCUT2D eigenvalue weighted by Crippen LogP contribution is 2.23. The highest BCUT2D eigenvalue weighted by atomic mass is 15.3. The van der Waals surface area contributed by atoms with E-state index in [0.29, 0.717) is 11.8 Å². The van der Waals surface area contributed by atoms with E-state index >= 15 is 0 Å². The fourth-order valence-corrected chi connectivity index (χ4v) is 3.97. The Bertz CT molecular complexity index is 1110. The normalized spacial score (nSPS) is 13.7. The van der Waals surface area contributed by atoms with Crippen molar-refractivity contribution in [3.05, 3.63) is 66.5 Å². The maximum absolute atomic E-state index is 4.54. The van der Waals surface area contributed by atoms with Gasteiger partial charge in [0.15, 0.2) is 5.82 Å². The topological polar surface area (TPSA) is 81.8 Å². The van der Waals surface area contributed by atoms with Crippen LogP contribution < -0.4 is 15.5 Å². The van der Waals surface area contributed by atoms with E-state index in [-0.39, 0.29) is 0 Å². The Balaban J connectivity index is 1.19. The number of benzene rings is 2. The van der Waals surface area contributed by atoms with Gasteiger partial charge in [0.05, 0.1) is 6.20 Å². The Labute approximate surface area is 175 Å². The zero-order valence-electron chi connectivity index (χ0n) is 16.8. The van der Waals surface area contributed by atoms with Gasteiger partial charge in [-0.05, 0) is 55.2 Å². The lowest BCUT2D eigenvalue weighted by Crippen LogP contribution is -2.17. The number of hydrogen-bond donors (Lipinski definition) is 3. The summed E-state index contributed by atoms with van der Waals surface area (Å²) in [5, 5.41) is 16.0. The molecule has 30 heavy (non-hydrogen) atoms. The van der Waals surface area contributed by atoms with Crippen molar-refractivity contribution < 1.29 is 0 Å². The molecule has 152 valence electrons. The molecule has 2 aromatic heterocycles. The minimum atomic E-state index is 0.487. The molecule has 0 spiro atoms. The van der Waals surface area contributed by atoms with Gasteiger partial charge >= 0.3 is 0 Å². The summed E-state index contributed by atoms with van der Waals surface area (Å²) >= 11 is 0. The van der Waals surface area contributed by atoms with Gasteiger partial charge in [0.1, 0.15) is 0 Å². The lowest BCUT2D eigenvalue weighted by atomic mass is 10.1. The van der Waals surface area contributed by atoms with Crippen molar-refractivity contribution >= 4 is 34.0 Å². The zero-order valence-corrected chi connectivity index (χ0v) is 16.8. The zero-order chi connectivity index (χ0) is 20.2. The molecule has 3 heterocycles. The summed E-state index contributed by atoms with van der Waals surface area (Å²) in [6.45, 7) is 3.06. The van der Waals surface area contributed by atoms with E-state index < -0.39 is 0 Å². The lowest BCUT2D eigenvalue weighted by molar-refractivity contribution is 0.949.